The Balaban J connectivity index is 0. The predicted octanol–water partition coefficient (Wildman–Crippen LogP) is -0.166. The van der Waals surface area contributed by atoms with E-state index in [1.165, 1.54) is 27.8 Å². The number of hydrogen-bond acceptors (Lipinski definition) is 0. The van der Waals surface area contributed by atoms with Crippen LogP contribution in [0, 0.1) is 6.07 Å². The second-order valence-corrected chi connectivity index (χ2v) is 5.04. The second kappa shape index (κ2) is 14.2. The Morgan fingerprint density at radius 3 is 2.12 bits per heavy atom. The normalized spacial score (nSPS) is 9.16. The maximum Gasteiger partial charge on any atom is 4.00 e. The molecule has 0 atom stereocenters. The first-order valence-electron chi connectivity index (χ1n) is 7.67. The Labute approximate surface area is 183 Å². The van der Waals surface area contributed by atoms with Crippen LogP contribution in [0.2, 0.25) is 0 Å². The molecule has 1 aliphatic rings. The minimum absolute atomic E-state index is 0. The molecule has 0 aliphatic heterocycles. The number of fused-ring (bicyclic) bond motifs is 3. The van der Waals surface area contributed by atoms with Crippen molar-refractivity contribution in [2.75, 3.05) is 0 Å². The summed E-state index contributed by atoms with van der Waals surface area (Å²) >= 11 is 0. The van der Waals surface area contributed by atoms with Crippen LogP contribution in [0.1, 0.15) is 23.6 Å². The first kappa shape index (κ1) is 26.2. The quantitative estimate of drug-likeness (QED) is 0.181. The van der Waals surface area contributed by atoms with Crippen LogP contribution in [-0.4, -0.2) is 0 Å². The minimum atomic E-state index is 0. The van der Waals surface area contributed by atoms with Crippen LogP contribution >= 0.6 is 0 Å². The number of halogens is 2. The molecule has 0 amide bonds. The maximum atomic E-state index is 3.30. The molecule has 0 unspecified atom stereocenters. The summed E-state index contributed by atoms with van der Waals surface area (Å²) in [7, 11) is 0. The summed E-state index contributed by atoms with van der Waals surface area (Å²) < 4.78 is 0. The third-order valence-corrected chi connectivity index (χ3v) is 3.76. The summed E-state index contributed by atoms with van der Waals surface area (Å²) in [5.74, 6) is 0. The Morgan fingerprint density at radius 1 is 0.920 bits per heavy atom. The topological polar surface area (TPSA) is 0 Å². The average Bonchev–Trinajstić information content (AvgIpc) is 3.24. The van der Waals surface area contributed by atoms with Gasteiger partial charge in [-0.05, 0) is 6.42 Å². The van der Waals surface area contributed by atoms with Gasteiger partial charge >= 0.3 is 25.8 Å². The van der Waals surface area contributed by atoms with Crippen molar-refractivity contribution >= 4 is 0 Å². The zero-order valence-corrected chi connectivity index (χ0v) is 19.5. The van der Waals surface area contributed by atoms with Crippen LogP contribution in [0.4, 0.5) is 0 Å². The summed E-state index contributed by atoms with van der Waals surface area (Å²) in [6.45, 7) is 8.16. The molecule has 25 heavy (non-hydrogen) atoms. The molecular weight excluding hydrogens is 514 g/mol. The van der Waals surface area contributed by atoms with Gasteiger partial charge in [-0.1, -0.05) is 48.7 Å². The van der Waals surface area contributed by atoms with Gasteiger partial charge in [0.15, 0.2) is 0 Å². The summed E-state index contributed by atoms with van der Waals surface area (Å²) in [4.78, 5) is 0. The molecule has 0 spiro atoms. The molecule has 0 fully saturated rings. The van der Waals surface area contributed by atoms with Crippen LogP contribution < -0.4 is 24.8 Å². The van der Waals surface area contributed by atoms with Crippen LogP contribution in [0.5, 0.6) is 0 Å². The van der Waals surface area contributed by atoms with Gasteiger partial charge in [0.05, 0.1) is 0 Å². The first-order valence-corrected chi connectivity index (χ1v) is 7.67. The fourth-order valence-electron chi connectivity index (χ4n) is 2.65. The molecule has 0 aromatic heterocycles. The van der Waals surface area contributed by atoms with Gasteiger partial charge in [-0.15, -0.1) is 18.7 Å². The van der Waals surface area contributed by atoms with Crippen molar-refractivity contribution in [3.63, 3.8) is 0 Å². The maximum absolute atomic E-state index is 3.30. The van der Waals surface area contributed by atoms with Gasteiger partial charge in [0.2, 0.25) is 0 Å². The van der Waals surface area contributed by atoms with Gasteiger partial charge in [-0.2, -0.15) is 47.5 Å². The molecule has 4 rings (SSSR count). The minimum Gasteiger partial charge on any atom is -1.00 e. The van der Waals surface area contributed by atoms with Crippen molar-refractivity contribution in [1.29, 1.82) is 0 Å². The predicted molar refractivity (Wildman–Crippen MR) is 96.2 cm³/mol. The van der Waals surface area contributed by atoms with E-state index in [4.69, 9.17) is 0 Å². The SMILES string of the molecule is C=C.CC[c-]1cccc1.[Cl-].[Cl-].[Hf+4].[c-]1cccc2c1Cc1ccccc1-2. The zero-order chi connectivity index (χ0) is 15.8. The van der Waals surface area contributed by atoms with Gasteiger partial charge < -0.3 is 24.8 Å². The number of benzene rings is 2. The number of hydrogen-bond donors (Lipinski definition) is 0. The zero-order valence-electron chi connectivity index (χ0n) is 14.4. The van der Waals surface area contributed by atoms with E-state index in [1.54, 1.807) is 0 Å². The van der Waals surface area contributed by atoms with Crippen molar-refractivity contribution in [3.8, 4) is 11.1 Å². The Kier molecular flexibility index (Phi) is 14.9. The van der Waals surface area contributed by atoms with E-state index in [2.05, 4.69) is 86.8 Å². The van der Waals surface area contributed by atoms with Crippen LogP contribution in [-0.2, 0) is 38.7 Å². The Morgan fingerprint density at radius 2 is 1.52 bits per heavy atom. The molecule has 3 aromatic carbocycles. The Hall–Kier alpha value is -1.02. The smallest absolute Gasteiger partial charge is 1.00 e. The van der Waals surface area contributed by atoms with Crippen molar-refractivity contribution in [2.45, 2.75) is 19.8 Å². The molecule has 0 nitrogen and oxygen atoms in total. The van der Waals surface area contributed by atoms with Crippen molar-refractivity contribution in [1.82, 2.24) is 0 Å². The summed E-state index contributed by atoms with van der Waals surface area (Å²) in [6.07, 6.45) is 2.21. The monoisotopic (exact) mass is 536 g/mol. The molecular formula is C22H22Cl2Hf. The van der Waals surface area contributed by atoms with E-state index in [0.29, 0.717) is 0 Å². The van der Waals surface area contributed by atoms with Gasteiger partial charge in [0.25, 0.3) is 0 Å². The molecule has 0 saturated heterocycles. The fraction of sp³-hybridized carbons (Fsp3) is 0.136. The average molecular weight is 536 g/mol. The summed E-state index contributed by atoms with van der Waals surface area (Å²) in [5, 5.41) is 0. The molecule has 0 bridgehead atoms. The van der Waals surface area contributed by atoms with Crippen molar-refractivity contribution in [3.05, 3.63) is 103 Å². The van der Waals surface area contributed by atoms with E-state index in [1.807, 2.05) is 6.07 Å². The van der Waals surface area contributed by atoms with E-state index in [0.717, 1.165) is 12.8 Å². The standard InChI is InChI=1S/C13H9.C7H9.C2H4.2ClH.Hf/c1-3-7-12-10(5-1)9-11-6-2-4-8-13(11)12;1-2-7-5-3-4-6-7;1-2;;;/h1-5,7-8H,9H2;3-6H,2H2,1H3;1-2H2;2*1H;/q2*-1;;;;+4/p-2. The molecule has 3 heteroatoms. The van der Waals surface area contributed by atoms with Gasteiger partial charge in [-0.3, -0.25) is 0 Å². The molecule has 1 aliphatic carbocycles. The molecule has 0 saturated carbocycles. The number of aryl methyl sites for hydroxylation is 1. The number of rotatable bonds is 1. The molecule has 3 aromatic rings. The van der Waals surface area contributed by atoms with Crippen LogP contribution in [0.3, 0.4) is 0 Å². The van der Waals surface area contributed by atoms with E-state index < -0.39 is 0 Å². The van der Waals surface area contributed by atoms with Gasteiger partial charge in [0.1, 0.15) is 0 Å². The molecule has 0 radical (unpaired) electrons. The fourth-order valence-corrected chi connectivity index (χ4v) is 2.65. The van der Waals surface area contributed by atoms with Crippen LogP contribution in [0.25, 0.3) is 11.1 Å². The second-order valence-electron chi connectivity index (χ2n) is 5.04. The summed E-state index contributed by atoms with van der Waals surface area (Å²) in [6, 6.07) is 26.5. The third kappa shape index (κ3) is 7.01. The summed E-state index contributed by atoms with van der Waals surface area (Å²) in [5.41, 5.74) is 6.94. The van der Waals surface area contributed by atoms with E-state index in [9.17, 15) is 0 Å². The van der Waals surface area contributed by atoms with Crippen molar-refractivity contribution in [2.24, 2.45) is 0 Å². The Bertz CT molecular complexity index is 662. The third-order valence-electron chi connectivity index (χ3n) is 3.76. The van der Waals surface area contributed by atoms with E-state index in [-0.39, 0.29) is 50.7 Å². The molecule has 0 heterocycles. The largest absolute Gasteiger partial charge is 4.00 e. The van der Waals surface area contributed by atoms with Gasteiger partial charge in [-0.25, -0.2) is 12.1 Å². The first-order chi connectivity index (χ1) is 10.9. The molecule has 128 valence electrons. The molecule has 0 N–H and O–H groups in total. The van der Waals surface area contributed by atoms with Crippen LogP contribution in [0.15, 0.2) is 79.9 Å². The van der Waals surface area contributed by atoms with E-state index >= 15 is 0 Å². The van der Waals surface area contributed by atoms with Crippen molar-refractivity contribution < 1.29 is 50.7 Å². The van der Waals surface area contributed by atoms with Gasteiger partial charge in [0, 0.05) is 0 Å².